The minimum absolute atomic E-state index is 0.489. The maximum atomic E-state index is 10.6. The number of fused-ring (bicyclic) bond motifs is 1. The summed E-state index contributed by atoms with van der Waals surface area (Å²) in [5, 5.41) is 15.3. The second-order valence-electron chi connectivity index (χ2n) is 4.40. The van der Waals surface area contributed by atoms with E-state index in [-0.39, 0.29) is 0 Å². The lowest BCUT2D eigenvalue weighted by atomic mass is 10.4. The first-order valence-electron chi connectivity index (χ1n) is 5.73. The topological polar surface area (TPSA) is 82.8 Å². The zero-order valence-corrected chi connectivity index (χ0v) is 9.87. The lowest BCUT2D eigenvalue weighted by Gasteiger charge is -2.11. The molecule has 0 spiro atoms. The highest BCUT2D eigenvalue weighted by molar-refractivity contribution is 5.83. The minimum Gasteiger partial charge on any atom is -0.465 e. The second kappa shape index (κ2) is 3.86. The summed E-state index contributed by atoms with van der Waals surface area (Å²) in [6, 6.07) is 3.85. The maximum absolute atomic E-state index is 10.6. The molecule has 0 saturated heterocycles. The lowest BCUT2D eigenvalue weighted by molar-refractivity contribution is 0.210. The predicted octanol–water partition coefficient (Wildman–Crippen LogP) is 1.42. The number of anilines is 2. The number of hydrogen-bond donors (Lipinski definition) is 2. The van der Waals surface area contributed by atoms with Crippen LogP contribution in [0.15, 0.2) is 18.3 Å². The molecule has 2 N–H and O–H groups in total. The van der Waals surface area contributed by atoms with Crippen LogP contribution in [-0.2, 0) is 0 Å². The average Bonchev–Trinajstić information content (AvgIpc) is 3.07. The molecule has 0 aliphatic heterocycles. The van der Waals surface area contributed by atoms with Crippen molar-refractivity contribution in [1.82, 2.24) is 14.6 Å². The molecule has 1 fully saturated rings. The van der Waals surface area contributed by atoms with Gasteiger partial charge in [0, 0.05) is 31.0 Å². The fourth-order valence-electron chi connectivity index (χ4n) is 1.85. The molecule has 7 heteroatoms. The molecule has 0 unspecified atom stereocenters. The first kappa shape index (κ1) is 10.8. The summed E-state index contributed by atoms with van der Waals surface area (Å²) < 4.78 is 1.64. The number of carboxylic acid groups (broad SMARTS) is 1. The Balaban J connectivity index is 1.93. The van der Waals surface area contributed by atoms with Gasteiger partial charge in [0.2, 0.25) is 5.95 Å². The van der Waals surface area contributed by atoms with E-state index in [1.807, 2.05) is 7.05 Å². The van der Waals surface area contributed by atoms with Crippen molar-refractivity contribution in [3.05, 3.63) is 18.3 Å². The van der Waals surface area contributed by atoms with E-state index in [4.69, 9.17) is 5.11 Å². The Morgan fingerprint density at radius 1 is 1.61 bits per heavy atom. The summed E-state index contributed by atoms with van der Waals surface area (Å²) in [7, 11) is 1.98. The predicted molar refractivity (Wildman–Crippen MR) is 66.1 cm³/mol. The van der Waals surface area contributed by atoms with Gasteiger partial charge in [-0.1, -0.05) is 0 Å². The zero-order valence-electron chi connectivity index (χ0n) is 9.87. The van der Waals surface area contributed by atoms with Crippen molar-refractivity contribution in [3.63, 3.8) is 0 Å². The van der Waals surface area contributed by atoms with E-state index in [1.165, 1.54) is 12.8 Å². The van der Waals surface area contributed by atoms with Gasteiger partial charge >= 0.3 is 6.09 Å². The van der Waals surface area contributed by atoms with Crippen LogP contribution < -0.4 is 10.2 Å². The molecule has 2 aromatic rings. The van der Waals surface area contributed by atoms with Crippen LogP contribution in [0.25, 0.3) is 5.65 Å². The van der Waals surface area contributed by atoms with Gasteiger partial charge in [-0.3, -0.25) is 5.32 Å². The Hall–Kier alpha value is -2.31. The van der Waals surface area contributed by atoms with Crippen molar-refractivity contribution in [3.8, 4) is 0 Å². The minimum atomic E-state index is -1.09. The monoisotopic (exact) mass is 247 g/mol. The molecule has 0 aromatic carbocycles. The van der Waals surface area contributed by atoms with Crippen LogP contribution in [0, 0.1) is 0 Å². The number of nitrogens with one attached hydrogen (secondary N) is 1. The molecule has 0 radical (unpaired) electrons. The van der Waals surface area contributed by atoms with E-state index in [0.717, 1.165) is 0 Å². The molecule has 7 nitrogen and oxygen atoms in total. The lowest BCUT2D eigenvalue weighted by Crippen LogP contribution is -2.20. The van der Waals surface area contributed by atoms with Crippen LogP contribution in [0.3, 0.4) is 0 Å². The standard InChI is InChI=1S/C11H13N5O2/c1-15(8-2-3-8)10-13-9-6-7(12-11(17)18)4-5-16(9)14-10/h4-6,8,12H,2-3H2,1H3,(H,17,18). The third-order valence-electron chi connectivity index (χ3n) is 2.99. The molecule has 0 bridgehead atoms. The molecule has 1 aliphatic carbocycles. The number of pyridine rings is 1. The van der Waals surface area contributed by atoms with Gasteiger partial charge in [-0.05, 0) is 18.9 Å². The summed E-state index contributed by atoms with van der Waals surface area (Å²) in [6.07, 6.45) is 2.96. The smallest absolute Gasteiger partial charge is 0.409 e. The summed E-state index contributed by atoms with van der Waals surface area (Å²) in [6.45, 7) is 0. The third kappa shape index (κ3) is 1.94. The Labute approximate surface area is 103 Å². The van der Waals surface area contributed by atoms with Crippen LogP contribution in [0.2, 0.25) is 0 Å². The largest absolute Gasteiger partial charge is 0.465 e. The van der Waals surface area contributed by atoms with E-state index >= 15 is 0 Å². The summed E-state index contributed by atoms with van der Waals surface area (Å²) in [4.78, 5) is 17.0. The fraction of sp³-hybridized carbons (Fsp3) is 0.364. The number of hydrogen-bond acceptors (Lipinski definition) is 4. The Morgan fingerprint density at radius 3 is 3.06 bits per heavy atom. The summed E-state index contributed by atoms with van der Waals surface area (Å²) in [5.41, 5.74) is 1.12. The highest BCUT2D eigenvalue weighted by Crippen LogP contribution is 2.28. The Morgan fingerprint density at radius 2 is 2.39 bits per heavy atom. The number of amides is 1. The van der Waals surface area contributed by atoms with E-state index in [2.05, 4.69) is 20.3 Å². The Kier molecular flexibility index (Phi) is 2.32. The molecule has 1 saturated carbocycles. The van der Waals surface area contributed by atoms with Crippen LogP contribution >= 0.6 is 0 Å². The van der Waals surface area contributed by atoms with Gasteiger partial charge in [0.15, 0.2) is 5.65 Å². The van der Waals surface area contributed by atoms with Crippen LogP contribution in [-0.4, -0.2) is 38.9 Å². The molecule has 0 atom stereocenters. The molecule has 94 valence electrons. The van der Waals surface area contributed by atoms with Gasteiger partial charge in [0.25, 0.3) is 0 Å². The molecule has 2 aromatic heterocycles. The van der Waals surface area contributed by atoms with E-state index in [9.17, 15) is 4.79 Å². The van der Waals surface area contributed by atoms with Gasteiger partial charge < -0.3 is 10.0 Å². The van der Waals surface area contributed by atoms with Crippen molar-refractivity contribution in [1.29, 1.82) is 0 Å². The highest BCUT2D eigenvalue weighted by Gasteiger charge is 2.28. The average molecular weight is 247 g/mol. The molecule has 1 aliphatic rings. The van der Waals surface area contributed by atoms with Crippen LogP contribution in [0.1, 0.15) is 12.8 Å². The molecule has 3 rings (SSSR count). The van der Waals surface area contributed by atoms with Crippen molar-refractivity contribution in [2.24, 2.45) is 0 Å². The van der Waals surface area contributed by atoms with Crippen molar-refractivity contribution < 1.29 is 9.90 Å². The molecule has 1 amide bonds. The molecular formula is C11H13N5O2. The molecular weight excluding hydrogens is 234 g/mol. The first-order chi connectivity index (χ1) is 8.63. The van der Waals surface area contributed by atoms with E-state index in [1.54, 1.807) is 22.8 Å². The number of nitrogens with zero attached hydrogens (tertiary/aromatic N) is 4. The van der Waals surface area contributed by atoms with Gasteiger partial charge in [-0.25, -0.2) is 9.31 Å². The van der Waals surface area contributed by atoms with Gasteiger partial charge in [0.05, 0.1) is 0 Å². The highest BCUT2D eigenvalue weighted by atomic mass is 16.4. The summed E-state index contributed by atoms with van der Waals surface area (Å²) >= 11 is 0. The van der Waals surface area contributed by atoms with Crippen LogP contribution in [0.4, 0.5) is 16.4 Å². The first-order valence-corrected chi connectivity index (χ1v) is 5.73. The second-order valence-corrected chi connectivity index (χ2v) is 4.40. The van der Waals surface area contributed by atoms with Crippen molar-refractivity contribution >= 4 is 23.4 Å². The van der Waals surface area contributed by atoms with Crippen molar-refractivity contribution in [2.75, 3.05) is 17.3 Å². The van der Waals surface area contributed by atoms with E-state index in [0.29, 0.717) is 23.3 Å². The van der Waals surface area contributed by atoms with Gasteiger partial charge in [0.1, 0.15) is 0 Å². The third-order valence-corrected chi connectivity index (χ3v) is 2.99. The maximum Gasteiger partial charge on any atom is 0.409 e. The van der Waals surface area contributed by atoms with Gasteiger partial charge in [-0.15, -0.1) is 5.10 Å². The number of rotatable bonds is 3. The zero-order chi connectivity index (χ0) is 12.7. The Bertz CT molecular complexity index is 604. The van der Waals surface area contributed by atoms with E-state index < -0.39 is 6.09 Å². The fourth-order valence-corrected chi connectivity index (χ4v) is 1.85. The number of aromatic nitrogens is 3. The van der Waals surface area contributed by atoms with Gasteiger partial charge in [-0.2, -0.15) is 4.98 Å². The molecule has 18 heavy (non-hydrogen) atoms. The summed E-state index contributed by atoms with van der Waals surface area (Å²) in [5.74, 6) is 0.671. The molecule has 2 heterocycles. The number of carbonyl (C=O) groups is 1. The van der Waals surface area contributed by atoms with Crippen LogP contribution in [0.5, 0.6) is 0 Å². The normalized spacial score (nSPS) is 14.7. The SMILES string of the molecule is CN(c1nc2cc(NC(=O)O)ccn2n1)C1CC1. The quantitative estimate of drug-likeness (QED) is 0.857. The van der Waals surface area contributed by atoms with Crippen molar-refractivity contribution in [2.45, 2.75) is 18.9 Å².